The van der Waals surface area contributed by atoms with Crippen LogP contribution in [0.5, 0.6) is 0 Å². The first-order valence-corrected chi connectivity index (χ1v) is 4.39. The first kappa shape index (κ1) is 12.6. The van der Waals surface area contributed by atoms with Crippen LogP contribution in [-0.2, 0) is 9.53 Å². The highest BCUT2D eigenvalue weighted by Gasteiger charge is 2.49. The van der Waals surface area contributed by atoms with E-state index >= 15 is 0 Å². The minimum absolute atomic E-state index is 0.126. The quantitative estimate of drug-likeness (QED) is 0.618. The molecule has 0 aromatic carbocycles. The van der Waals surface area contributed by atoms with Crippen LogP contribution in [0.25, 0.3) is 0 Å². The number of hydrogen-bond donors (Lipinski definition) is 2. The van der Waals surface area contributed by atoms with E-state index in [1.54, 1.807) is 13.8 Å². The Balaban J connectivity index is 4.93. The maximum Gasteiger partial charge on any atom is 0.198 e. The van der Waals surface area contributed by atoms with Gasteiger partial charge in [-0.05, 0) is 13.3 Å². The van der Waals surface area contributed by atoms with Crippen molar-refractivity contribution in [1.82, 2.24) is 0 Å². The highest BCUT2D eigenvalue weighted by molar-refractivity contribution is 5.87. The summed E-state index contributed by atoms with van der Waals surface area (Å²) in [4.78, 5) is 11.4. The molecule has 0 radical (unpaired) electrons. The minimum atomic E-state index is -1.82. The summed E-state index contributed by atoms with van der Waals surface area (Å²) >= 11 is 0. The molecule has 0 saturated heterocycles. The predicted molar refractivity (Wildman–Crippen MR) is 48.2 cm³/mol. The van der Waals surface area contributed by atoms with Crippen LogP contribution >= 0.6 is 0 Å². The van der Waals surface area contributed by atoms with Crippen LogP contribution in [-0.4, -0.2) is 34.5 Å². The van der Waals surface area contributed by atoms with E-state index in [9.17, 15) is 15.0 Å². The summed E-state index contributed by atoms with van der Waals surface area (Å²) in [6.07, 6.45) is 0.296. The Morgan fingerprint density at radius 1 is 1.38 bits per heavy atom. The van der Waals surface area contributed by atoms with E-state index in [0.29, 0.717) is 0 Å². The summed E-state index contributed by atoms with van der Waals surface area (Å²) in [7, 11) is 1.25. The van der Waals surface area contributed by atoms with Gasteiger partial charge in [-0.25, -0.2) is 0 Å². The second-order valence-corrected chi connectivity index (χ2v) is 3.18. The molecule has 78 valence electrons. The van der Waals surface area contributed by atoms with Gasteiger partial charge < -0.3 is 14.9 Å². The van der Waals surface area contributed by atoms with Crippen molar-refractivity contribution in [1.29, 1.82) is 0 Å². The maximum absolute atomic E-state index is 11.4. The molecule has 2 atom stereocenters. The molecule has 0 bridgehead atoms. The van der Waals surface area contributed by atoms with Crippen LogP contribution in [0.3, 0.4) is 0 Å². The molecule has 0 spiro atoms. The third-order valence-electron chi connectivity index (χ3n) is 2.46. The first-order chi connectivity index (χ1) is 5.85. The molecule has 0 aliphatic heterocycles. The van der Waals surface area contributed by atoms with Crippen LogP contribution in [0.2, 0.25) is 0 Å². The monoisotopic (exact) mass is 190 g/mol. The highest BCUT2D eigenvalue weighted by atomic mass is 16.6. The lowest BCUT2D eigenvalue weighted by atomic mass is 9.85. The normalized spacial score (nSPS) is 20.5. The fourth-order valence-corrected chi connectivity index (χ4v) is 1.25. The number of Topliss-reactive ketones (excluding diaryl/α,β-unsaturated/α-hetero) is 1. The standard InChI is InChI=1S/C9H18O4/c1-5-7(10)9(12,6-2)8(3,11)13-4/h11-12H,5-6H2,1-4H3/t8-,9+/m0/s1. The Bertz CT molecular complexity index is 188. The SMILES string of the molecule is CCC(=O)[C@](O)(CC)[C@@](C)(O)OC. The third-order valence-corrected chi connectivity index (χ3v) is 2.46. The molecule has 0 saturated carbocycles. The number of ether oxygens (including phenoxy) is 1. The van der Waals surface area contributed by atoms with Crippen LogP contribution in [0, 0.1) is 0 Å². The van der Waals surface area contributed by atoms with Crippen molar-refractivity contribution in [3.63, 3.8) is 0 Å². The Kier molecular flexibility index (Phi) is 4.03. The largest absolute Gasteiger partial charge is 0.377 e. The first-order valence-electron chi connectivity index (χ1n) is 4.39. The van der Waals surface area contributed by atoms with Gasteiger partial charge >= 0.3 is 0 Å². The molecule has 0 fully saturated rings. The lowest BCUT2D eigenvalue weighted by molar-refractivity contribution is -0.268. The number of carbonyl (C=O) groups excluding carboxylic acids is 1. The third kappa shape index (κ3) is 2.07. The zero-order valence-corrected chi connectivity index (χ0v) is 8.63. The van der Waals surface area contributed by atoms with Crippen LogP contribution < -0.4 is 0 Å². The zero-order chi connectivity index (χ0) is 10.7. The molecule has 0 aromatic heterocycles. The molecule has 0 aliphatic rings. The number of carbonyl (C=O) groups is 1. The van der Waals surface area contributed by atoms with Crippen molar-refractivity contribution in [3.05, 3.63) is 0 Å². The summed E-state index contributed by atoms with van der Waals surface area (Å²) in [5.41, 5.74) is -1.81. The molecule has 0 rings (SSSR count). The van der Waals surface area contributed by atoms with Gasteiger partial charge in [0, 0.05) is 13.5 Å². The molecule has 0 amide bonds. The lowest BCUT2D eigenvalue weighted by Crippen LogP contribution is -2.58. The molecule has 13 heavy (non-hydrogen) atoms. The van der Waals surface area contributed by atoms with Gasteiger partial charge in [-0.1, -0.05) is 13.8 Å². The van der Waals surface area contributed by atoms with Gasteiger partial charge in [-0.2, -0.15) is 0 Å². The Labute approximate surface area is 78.5 Å². The van der Waals surface area contributed by atoms with Gasteiger partial charge in [-0.15, -0.1) is 0 Å². The van der Waals surface area contributed by atoms with E-state index in [-0.39, 0.29) is 12.8 Å². The van der Waals surface area contributed by atoms with E-state index in [2.05, 4.69) is 0 Å². The maximum atomic E-state index is 11.4. The molecule has 0 aliphatic carbocycles. The Hall–Kier alpha value is -0.450. The van der Waals surface area contributed by atoms with E-state index in [4.69, 9.17) is 4.74 Å². The molecule has 4 nitrogen and oxygen atoms in total. The van der Waals surface area contributed by atoms with Crippen molar-refractivity contribution in [2.75, 3.05) is 7.11 Å². The molecular weight excluding hydrogens is 172 g/mol. The summed E-state index contributed by atoms with van der Waals surface area (Å²) in [5.74, 6) is -2.24. The van der Waals surface area contributed by atoms with Gasteiger partial charge in [0.15, 0.2) is 17.2 Å². The van der Waals surface area contributed by atoms with E-state index < -0.39 is 17.2 Å². The fraction of sp³-hybridized carbons (Fsp3) is 0.889. The Morgan fingerprint density at radius 2 is 1.85 bits per heavy atom. The topological polar surface area (TPSA) is 66.8 Å². The summed E-state index contributed by atoms with van der Waals surface area (Å²) < 4.78 is 4.70. The summed E-state index contributed by atoms with van der Waals surface area (Å²) in [5, 5.41) is 19.5. The van der Waals surface area contributed by atoms with Gasteiger partial charge in [0.1, 0.15) is 0 Å². The van der Waals surface area contributed by atoms with Crippen molar-refractivity contribution < 1.29 is 19.7 Å². The summed E-state index contributed by atoms with van der Waals surface area (Å²) in [6.45, 7) is 4.54. The van der Waals surface area contributed by atoms with Crippen LogP contribution in [0.4, 0.5) is 0 Å². The predicted octanol–water partition coefficient (Wildman–Crippen LogP) is 0.461. The molecule has 0 aromatic rings. The van der Waals surface area contributed by atoms with Gasteiger partial charge in [0.2, 0.25) is 0 Å². The molecule has 4 heteroatoms. The highest BCUT2D eigenvalue weighted by Crippen LogP contribution is 2.28. The number of aliphatic hydroxyl groups is 2. The number of methoxy groups -OCH3 is 1. The number of rotatable bonds is 5. The van der Waals surface area contributed by atoms with Crippen molar-refractivity contribution in [2.24, 2.45) is 0 Å². The molecule has 0 heterocycles. The second kappa shape index (κ2) is 4.17. The number of hydrogen-bond acceptors (Lipinski definition) is 4. The van der Waals surface area contributed by atoms with Gasteiger partial charge in [0.25, 0.3) is 0 Å². The lowest BCUT2D eigenvalue weighted by Gasteiger charge is -2.37. The van der Waals surface area contributed by atoms with Crippen molar-refractivity contribution >= 4 is 5.78 Å². The van der Waals surface area contributed by atoms with Gasteiger partial charge in [0.05, 0.1) is 0 Å². The van der Waals surface area contributed by atoms with E-state index in [1.165, 1.54) is 14.0 Å². The second-order valence-electron chi connectivity index (χ2n) is 3.18. The summed E-state index contributed by atoms with van der Waals surface area (Å²) in [6, 6.07) is 0. The average molecular weight is 190 g/mol. The smallest absolute Gasteiger partial charge is 0.198 e. The average Bonchev–Trinajstić information content (AvgIpc) is 2.14. The van der Waals surface area contributed by atoms with Crippen molar-refractivity contribution in [3.8, 4) is 0 Å². The van der Waals surface area contributed by atoms with E-state index in [0.717, 1.165) is 0 Å². The van der Waals surface area contributed by atoms with E-state index in [1.807, 2.05) is 0 Å². The van der Waals surface area contributed by atoms with Gasteiger partial charge in [-0.3, -0.25) is 4.79 Å². The molecule has 2 N–H and O–H groups in total. The fourth-order valence-electron chi connectivity index (χ4n) is 1.25. The molecule has 0 unspecified atom stereocenters. The molecular formula is C9H18O4. The Morgan fingerprint density at radius 3 is 2.08 bits per heavy atom. The minimum Gasteiger partial charge on any atom is -0.377 e. The number of ketones is 1. The van der Waals surface area contributed by atoms with Crippen LogP contribution in [0.1, 0.15) is 33.6 Å². The van der Waals surface area contributed by atoms with Crippen molar-refractivity contribution in [2.45, 2.75) is 45.0 Å². The zero-order valence-electron chi connectivity index (χ0n) is 8.63. The van der Waals surface area contributed by atoms with Crippen LogP contribution in [0.15, 0.2) is 0 Å².